The lowest BCUT2D eigenvalue weighted by atomic mass is 9.83. The molecule has 0 aromatic heterocycles. The Morgan fingerprint density at radius 1 is 1.00 bits per heavy atom. The van der Waals surface area contributed by atoms with E-state index < -0.39 is 0 Å². The zero-order chi connectivity index (χ0) is 16.7. The van der Waals surface area contributed by atoms with Crippen LogP contribution in [0.1, 0.15) is 17.0 Å². The van der Waals surface area contributed by atoms with Crippen LogP contribution in [0.3, 0.4) is 0 Å². The molecule has 1 aliphatic heterocycles. The number of hydrogen-bond acceptors (Lipinski definition) is 3. The molecule has 1 atom stereocenters. The fourth-order valence-electron chi connectivity index (χ4n) is 3.14. The Kier molecular flexibility index (Phi) is 3.41. The lowest BCUT2D eigenvalue weighted by molar-refractivity contribution is 0.394. The van der Waals surface area contributed by atoms with Crippen LogP contribution in [0.2, 0.25) is 5.02 Å². The quantitative estimate of drug-likeness (QED) is 0.702. The van der Waals surface area contributed by atoms with Crippen LogP contribution in [0.5, 0.6) is 5.75 Å². The predicted molar refractivity (Wildman–Crippen MR) is 94.7 cm³/mol. The van der Waals surface area contributed by atoms with E-state index in [1.165, 1.54) is 0 Å². The topological polar surface area (TPSA) is 59.0 Å². The van der Waals surface area contributed by atoms with Gasteiger partial charge in [0.2, 0.25) is 5.88 Å². The van der Waals surface area contributed by atoms with Crippen molar-refractivity contribution in [3.8, 4) is 11.8 Å². The highest BCUT2D eigenvalue weighted by Crippen LogP contribution is 2.43. The summed E-state index contributed by atoms with van der Waals surface area (Å²) >= 11 is 6.00. The molecule has 3 aromatic rings. The number of rotatable bonds is 1. The maximum atomic E-state index is 9.59. The molecular weight excluding hydrogens is 320 g/mol. The SMILES string of the molecule is N#CC1=C(N)Oc2cc3ccccc3cc2C1c1ccc(Cl)cc1. The average molecular weight is 333 g/mol. The highest BCUT2D eigenvalue weighted by molar-refractivity contribution is 6.30. The second-order valence-electron chi connectivity index (χ2n) is 5.71. The summed E-state index contributed by atoms with van der Waals surface area (Å²) in [6.45, 7) is 0. The van der Waals surface area contributed by atoms with Crippen molar-refractivity contribution in [1.82, 2.24) is 0 Å². The smallest absolute Gasteiger partial charge is 0.205 e. The maximum absolute atomic E-state index is 9.59. The summed E-state index contributed by atoms with van der Waals surface area (Å²) in [5, 5.41) is 12.4. The first-order chi connectivity index (χ1) is 11.7. The zero-order valence-electron chi connectivity index (χ0n) is 12.7. The van der Waals surface area contributed by atoms with Crippen molar-refractivity contribution in [3.63, 3.8) is 0 Å². The number of allylic oxidation sites excluding steroid dienone is 1. The molecule has 4 rings (SSSR count). The van der Waals surface area contributed by atoms with E-state index in [1.54, 1.807) is 0 Å². The molecule has 4 heteroatoms. The standard InChI is InChI=1S/C20H13ClN2O/c21-15-7-5-12(6-8-15)19-16-9-13-3-1-2-4-14(13)10-18(16)24-20(23)17(19)11-22/h1-10,19H,23H2. The zero-order valence-corrected chi connectivity index (χ0v) is 13.4. The molecule has 1 aliphatic rings. The molecule has 0 bridgehead atoms. The van der Waals surface area contributed by atoms with Gasteiger partial charge in [0.25, 0.3) is 0 Å². The Hall–Kier alpha value is -2.96. The second kappa shape index (κ2) is 5.59. The Balaban J connectivity index is 1.98. The Bertz CT molecular complexity index is 1020. The molecule has 116 valence electrons. The molecule has 0 spiro atoms. The van der Waals surface area contributed by atoms with Crippen molar-refractivity contribution >= 4 is 22.4 Å². The Morgan fingerprint density at radius 2 is 1.67 bits per heavy atom. The average Bonchev–Trinajstić information content (AvgIpc) is 2.60. The van der Waals surface area contributed by atoms with Crippen LogP contribution in [0, 0.1) is 11.3 Å². The number of nitrogens with two attached hydrogens (primary N) is 1. The van der Waals surface area contributed by atoms with E-state index >= 15 is 0 Å². The summed E-state index contributed by atoms with van der Waals surface area (Å²) in [7, 11) is 0. The molecular formula is C20H13ClN2O. The van der Waals surface area contributed by atoms with Crippen LogP contribution in [0.15, 0.2) is 72.1 Å². The van der Waals surface area contributed by atoms with Gasteiger partial charge in [-0.05, 0) is 40.6 Å². The van der Waals surface area contributed by atoms with Gasteiger partial charge < -0.3 is 10.5 Å². The highest BCUT2D eigenvalue weighted by atomic mass is 35.5. The van der Waals surface area contributed by atoms with Gasteiger partial charge in [0, 0.05) is 10.6 Å². The second-order valence-corrected chi connectivity index (χ2v) is 6.15. The fraction of sp³-hybridized carbons (Fsp3) is 0.0500. The predicted octanol–water partition coefficient (Wildman–Crippen LogP) is 4.71. The molecule has 3 nitrogen and oxygen atoms in total. The minimum Gasteiger partial charge on any atom is -0.440 e. The van der Waals surface area contributed by atoms with Gasteiger partial charge in [-0.3, -0.25) is 0 Å². The van der Waals surface area contributed by atoms with Crippen LogP contribution >= 0.6 is 11.6 Å². The van der Waals surface area contributed by atoms with Gasteiger partial charge in [0.1, 0.15) is 17.4 Å². The first-order valence-corrected chi connectivity index (χ1v) is 7.91. The van der Waals surface area contributed by atoms with E-state index in [0.29, 0.717) is 16.3 Å². The third kappa shape index (κ3) is 2.29. The van der Waals surface area contributed by atoms with Gasteiger partial charge in [0.05, 0.1) is 5.92 Å². The van der Waals surface area contributed by atoms with E-state index in [2.05, 4.69) is 12.1 Å². The minimum atomic E-state index is -0.263. The van der Waals surface area contributed by atoms with Gasteiger partial charge in [0.15, 0.2) is 0 Å². The number of benzene rings is 3. The van der Waals surface area contributed by atoms with Gasteiger partial charge >= 0.3 is 0 Å². The minimum absolute atomic E-state index is 0.153. The first kappa shape index (κ1) is 14.6. The van der Waals surface area contributed by atoms with Crippen molar-refractivity contribution in [2.24, 2.45) is 5.73 Å². The number of halogens is 1. The lowest BCUT2D eigenvalue weighted by Crippen LogP contribution is -2.21. The van der Waals surface area contributed by atoms with Crippen LogP contribution in [-0.4, -0.2) is 0 Å². The van der Waals surface area contributed by atoms with Gasteiger partial charge in [-0.15, -0.1) is 0 Å². The molecule has 0 saturated carbocycles. The van der Waals surface area contributed by atoms with E-state index in [0.717, 1.165) is 21.9 Å². The molecule has 0 saturated heterocycles. The molecule has 0 radical (unpaired) electrons. The molecule has 1 heterocycles. The fourth-order valence-corrected chi connectivity index (χ4v) is 3.27. The van der Waals surface area contributed by atoms with Crippen LogP contribution in [0.4, 0.5) is 0 Å². The molecule has 3 aromatic carbocycles. The first-order valence-electron chi connectivity index (χ1n) is 7.53. The Morgan fingerprint density at radius 3 is 2.33 bits per heavy atom. The van der Waals surface area contributed by atoms with Gasteiger partial charge in [-0.25, -0.2) is 0 Å². The molecule has 0 aliphatic carbocycles. The molecule has 24 heavy (non-hydrogen) atoms. The highest BCUT2D eigenvalue weighted by Gasteiger charge is 2.30. The van der Waals surface area contributed by atoms with Crippen LogP contribution in [0.25, 0.3) is 10.8 Å². The third-order valence-electron chi connectivity index (χ3n) is 4.29. The monoisotopic (exact) mass is 332 g/mol. The summed E-state index contributed by atoms with van der Waals surface area (Å²) in [4.78, 5) is 0. The summed E-state index contributed by atoms with van der Waals surface area (Å²) < 4.78 is 5.73. The van der Waals surface area contributed by atoms with Crippen molar-refractivity contribution < 1.29 is 4.74 Å². The van der Waals surface area contributed by atoms with Crippen molar-refractivity contribution in [1.29, 1.82) is 5.26 Å². The van der Waals surface area contributed by atoms with Gasteiger partial charge in [-0.1, -0.05) is 48.0 Å². The number of nitriles is 1. The van der Waals surface area contributed by atoms with E-state index in [9.17, 15) is 5.26 Å². The van der Waals surface area contributed by atoms with E-state index in [-0.39, 0.29) is 11.8 Å². The maximum Gasteiger partial charge on any atom is 0.205 e. The van der Waals surface area contributed by atoms with Crippen LogP contribution < -0.4 is 10.5 Å². The summed E-state index contributed by atoms with van der Waals surface area (Å²) in [5.74, 6) is 0.575. The summed E-state index contributed by atoms with van der Waals surface area (Å²) in [6.07, 6.45) is 0. The van der Waals surface area contributed by atoms with Gasteiger partial charge in [-0.2, -0.15) is 5.26 Å². The Labute approximate surface area is 144 Å². The number of nitrogens with zero attached hydrogens (tertiary/aromatic N) is 1. The molecule has 0 amide bonds. The summed E-state index contributed by atoms with van der Waals surface area (Å²) in [6, 6.07) is 21.7. The molecule has 2 N–H and O–H groups in total. The van der Waals surface area contributed by atoms with Crippen molar-refractivity contribution in [2.75, 3.05) is 0 Å². The van der Waals surface area contributed by atoms with Crippen molar-refractivity contribution in [2.45, 2.75) is 5.92 Å². The normalized spacial score (nSPS) is 16.4. The number of hydrogen-bond donors (Lipinski definition) is 1. The lowest BCUT2D eigenvalue weighted by Gasteiger charge is -2.27. The number of ether oxygens (including phenoxy) is 1. The van der Waals surface area contributed by atoms with E-state index in [1.807, 2.05) is 54.6 Å². The number of fused-ring (bicyclic) bond motifs is 2. The molecule has 1 unspecified atom stereocenters. The van der Waals surface area contributed by atoms with Crippen LogP contribution in [-0.2, 0) is 0 Å². The molecule has 0 fully saturated rings. The van der Waals surface area contributed by atoms with Crippen molar-refractivity contribution in [3.05, 3.63) is 88.3 Å². The summed E-state index contributed by atoms with van der Waals surface area (Å²) in [5.41, 5.74) is 8.32. The third-order valence-corrected chi connectivity index (χ3v) is 4.54. The largest absolute Gasteiger partial charge is 0.440 e. The van der Waals surface area contributed by atoms with E-state index in [4.69, 9.17) is 22.1 Å².